The molecular formula is C18H16N2O. The fraction of sp³-hybridized carbons (Fsp3) is 0.111. The molecule has 3 rings (SSSR count). The molecule has 3 nitrogen and oxygen atoms in total. The average molecular weight is 276 g/mol. The molecule has 0 bridgehead atoms. The zero-order valence-corrected chi connectivity index (χ0v) is 11.8. The number of nitrogens with zero attached hydrogens (tertiary/aromatic N) is 1. The lowest BCUT2D eigenvalue weighted by atomic mass is 10.0. The van der Waals surface area contributed by atoms with Crippen molar-refractivity contribution in [2.24, 2.45) is 0 Å². The minimum atomic E-state index is -0.0901. The van der Waals surface area contributed by atoms with Crippen molar-refractivity contribution >= 4 is 16.7 Å². The van der Waals surface area contributed by atoms with Gasteiger partial charge in [-0.3, -0.25) is 9.78 Å². The highest BCUT2D eigenvalue weighted by Crippen LogP contribution is 2.24. The molecule has 104 valence electrons. The maximum Gasteiger partial charge on any atom is 0.252 e. The maximum absolute atomic E-state index is 11.9. The second kappa shape index (κ2) is 5.75. The molecule has 0 fully saturated rings. The second-order valence-electron chi connectivity index (χ2n) is 4.88. The van der Waals surface area contributed by atoms with Crippen molar-refractivity contribution in [1.29, 1.82) is 0 Å². The van der Waals surface area contributed by atoms with Crippen LogP contribution >= 0.6 is 0 Å². The Morgan fingerprint density at radius 1 is 1.00 bits per heavy atom. The van der Waals surface area contributed by atoms with Crippen LogP contribution in [0.1, 0.15) is 17.3 Å². The Bertz CT molecular complexity index is 796. The second-order valence-corrected chi connectivity index (χ2v) is 4.88. The number of benzene rings is 2. The van der Waals surface area contributed by atoms with Crippen molar-refractivity contribution in [3.8, 4) is 11.1 Å². The van der Waals surface area contributed by atoms with Crippen molar-refractivity contribution in [2.45, 2.75) is 6.92 Å². The summed E-state index contributed by atoms with van der Waals surface area (Å²) in [5, 5.41) is 5.17. The molecule has 0 aliphatic carbocycles. The molecule has 0 saturated heterocycles. The zero-order chi connectivity index (χ0) is 14.7. The smallest absolute Gasteiger partial charge is 0.252 e. The molecule has 0 spiro atoms. The molecule has 1 amide bonds. The van der Waals surface area contributed by atoms with Crippen molar-refractivity contribution in [3.05, 3.63) is 66.5 Å². The first kappa shape index (κ1) is 13.3. The quantitative estimate of drug-likeness (QED) is 0.793. The van der Waals surface area contributed by atoms with Crippen molar-refractivity contribution in [2.75, 3.05) is 6.54 Å². The number of pyridine rings is 1. The van der Waals surface area contributed by atoms with Crippen molar-refractivity contribution < 1.29 is 4.79 Å². The van der Waals surface area contributed by atoms with E-state index in [9.17, 15) is 4.79 Å². The Morgan fingerprint density at radius 3 is 2.62 bits per heavy atom. The highest BCUT2D eigenvalue weighted by molar-refractivity contribution is 5.95. The van der Waals surface area contributed by atoms with Crippen molar-refractivity contribution in [3.63, 3.8) is 0 Å². The van der Waals surface area contributed by atoms with Gasteiger partial charge in [-0.25, -0.2) is 0 Å². The van der Waals surface area contributed by atoms with E-state index in [0.29, 0.717) is 12.1 Å². The topological polar surface area (TPSA) is 42.0 Å². The maximum atomic E-state index is 11.9. The van der Waals surface area contributed by atoms with Gasteiger partial charge in [0, 0.05) is 24.5 Å². The largest absolute Gasteiger partial charge is 0.352 e. The molecular weight excluding hydrogens is 260 g/mol. The summed E-state index contributed by atoms with van der Waals surface area (Å²) in [7, 11) is 0. The summed E-state index contributed by atoms with van der Waals surface area (Å²) in [4.78, 5) is 16.1. The summed E-state index contributed by atoms with van der Waals surface area (Å²) in [6.45, 7) is 2.51. The fourth-order valence-corrected chi connectivity index (χ4v) is 2.35. The number of amides is 1. The van der Waals surface area contributed by atoms with E-state index in [-0.39, 0.29) is 5.91 Å². The van der Waals surface area contributed by atoms with Crippen LogP contribution in [0.4, 0.5) is 0 Å². The Hall–Kier alpha value is -2.68. The SMILES string of the molecule is CCNC(=O)c1cncc(-c2ccc3ccccc3c2)c1. The third-order valence-electron chi connectivity index (χ3n) is 3.42. The summed E-state index contributed by atoms with van der Waals surface area (Å²) >= 11 is 0. The Balaban J connectivity index is 2.02. The van der Waals surface area contributed by atoms with Crippen molar-refractivity contribution in [1.82, 2.24) is 10.3 Å². The van der Waals surface area contributed by atoms with Gasteiger partial charge >= 0.3 is 0 Å². The zero-order valence-electron chi connectivity index (χ0n) is 11.8. The third kappa shape index (κ3) is 2.77. The summed E-state index contributed by atoms with van der Waals surface area (Å²) in [6, 6.07) is 16.4. The number of rotatable bonds is 3. The summed E-state index contributed by atoms with van der Waals surface area (Å²) in [5.74, 6) is -0.0901. The molecule has 0 aliphatic rings. The molecule has 0 atom stereocenters. The van der Waals surface area contributed by atoms with Gasteiger partial charge in [0.25, 0.3) is 5.91 Å². The summed E-state index contributed by atoms with van der Waals surface area (Å²) < 4.78 is 0. The standard InChI is InChI=1S/C18H16N2O/c1-2-20-18(21)17-10-16(11-19-12-17)15-8-7-13-5-3-4-6-14(13)9-15/h3-12H,2H2,1H3,(H,20,21). The van der Waals surface area contributed by atoms with Gasteiger partial charge in [-0.1, -0.05) is 36.4 Å². The number of carbonyl (C=O) groups is 1. The number of hydrogen-bond donors (Lipinski definition) is 1. The number of carbonyl (C=O) groups excluding carboxylic acids is 1. The van der Waals surface area contributed by atoms with Gasteiger partial charge in [-0.05, 0) is 35.4 Å². The lowest BCUT2D eigenvalue weighted by molar-refractivity contribution is 0.0955. The van der Waals surface area contributed by atoms with E-state index < -0.39 is 0 Å². The Morgan fingerprint density at radius 2 is 1.81 bits per heavy atom. The van der Waals surface area contributed by atoms with Crippen LogP contribution in [0.3, 0.4) is 0 Å². The van der Waals surface area contributed by atoms with Crippen LogP contribution in [0.25, 0.3) is 21.9 Å². The monoisotopic (exact) mass is 276 g/mol. The number of aromatic nitrogens is 1. The summed E-state index contributed by atoms with van der Waals surface area (Å²) in [5.41, 5.74) is 2.60. The van der Waals surface area contributed by atoms with Gasteiger partial charge in [-0.15, -0.1) is 0 Å². The lowest BCUT2D eigenvalue weighted by Gasteiger charge is -2.06. The van der Waals surface area contributed by atoms with Gasteiger partial charge in [0.05, 0.1) is 5.56 Å². The molecule has 1 N–H and O–H groups in total. The normalized spacial score (nSPS) is 10.5. The highest BCUT2D eigenvalue weighted by atomic mass is 16.1. The van der Waals surface area contributed by atoms with E-state index in [0.717, 1.165) is 11.1 Å². The van der Waals surface area contributed by atoms with Crippen LogP contribution in [-0.2, 0) is 0 Å². The van der Waals surface area contributed by atoms with Crippen LogP contribution < -0.4 is 5.32 Å². The lowest BCUT2D eigenvalue weighted by Crippen LogP contribution is -2.22. The predicted octanol–water partition coefficient (Wildman–Crippen LogP) is 3.65. The van der Waals surface area contributed by atoms with Gasteiger partial charge in [-0.2, -0.15) is 0 Å². The fourth-order valence-electron chi connectivity index (χ4n) is 2.35. The molecule has 0 aliphatic heterocycles. The van der Waals surface area contributed by atoms with E-state index in [1.165, 1.54) is 10.8 Å². The van der Waals surface area contributed by atoms with E-state index in [2.05, 4.69) is 40.6 Å². The first-order chi connectivity index (χ1) is 10.3. The van der Waals surface area contributed by atoms with Crippen LogP contribution in [0.2, 0.25) is 0 Å². The number of nitrogens with one attached hydrogen (secondary N) is 1. The van der Waals surface area contributed by atoms with Gasteiger partial charge in [0.1, 0.15) is 0 Å². The Labute approximate surface area is 123 Å². The molecule has 3 aromatic rings. The van der Waals surface area contributed by atoms with E-state index in [1.54, 1.807) is 12.4 Å². The van der Waals surface area contributed by atoms with Gasteiger partial charge < -0.3 is 5.32 Å². The van der Waals surface area contributed by atoms with Gasteiger partial charge in [0.15, 0.2) is 0 Å². The molecule has 3 heteroatoms. The third-order valence-corrected chi connectivity index (χ3v) is 3.42. The molecule has 0 saturated carbocycles. The van der Waals surface area contributed by atoms with Gasteiger partial charge in [0.2, 0.25) is 0 Å². The highest BCUT2D eigenvalue weighted by Gasteiger charge is 2.07. The van der Waals surface area contributed by atoms with Crippen LogP contribution in [0.5, 0.6) is 0 Å². The average Bonchev–Trinajstić information content (AvgIpc) is 2.55. The van der Waals surface area contributed by atoms with Crippen LogP contribution in [0.15, 0.2) is 60.9 Å². The number of hydrogen-bond acceptors (Lipinski definition) is 2. The minimum Gasteiger partial charge on any atom is -0.352 e. The molecule has 0 unspecified atom stereocenters. The minimum absolute atomic E-state index is 0.0901. The molecule has 21 heavy (non-hydrogen) atoms. The first-order valence-corrected chi connectivity index (χ1v) is 7.00. The van der Waals surface area contributed by atoms with E-state index in [1.807, 2.05) is 25.1 Å². The number of fused-ring (bicyclic) bond motifs is 1. The van der Waals surface area contributed by atoms with Crippen LogP contribution in [-0.4, -0.2) is 17.4 Å². The predicted molar refractivity (Wildman–Crippen MR) is 85.2 cm³/mol. The molecule has 0 radical (unpaired) electrons. The Kier molecular flexibility index (Phi) is 3.65. The van der Waals surface area contributed by atoms with Crippen LogP contribution in [0, 0.1) is 0 Å². The van der Waals surface area contributed by atoms with E-state index in [4.69, 9.17) is 0 Å². The molecule has 1 aromatic heterocycles. The first-order valence-electron chi connectivity index (χ1n) is 7.00. The molecule has 2 aromatic carbocycles. The summed E-state index contributed by atoms with van der Waals surface area (Å²) in [6.07, 6.45) is 3.38. The molecule has 1 heterocycles. The van der Waals surface area contributed by atoms with E-state index >= 15 is 0 Å².